The van der Waals surface area contributed by atoms with Gasteiger partial charge < -0.3 is 9.47 Å². The third kappa shape index (κ3) is 3.36. The highest BCUT2D eigenvalue weighted by atomic mass is 16.5. The third-order valence-electron chi connectivity index (χ3n) is 4.91. The molecule has 0 bridgehead atoms. The van der Waals surface area contributed by atoms with Crippen molar-refractivity contribution in [2.24, 2.45) is 7.05 Å². The molecule has 2 aromatic rings. The molecular formula is C18H24N4O2. The second kappa shape index (κ2) is 7.01. The van der Waals surface area contributed by atoms with Gasteiger partial charge >= 0.3 is 0 Å². The van der Waals surface area contributed by atoms with E-state index in [4.69, 9.17) is 9.47 Å². The summed E-state index contributed by atoms with van der Waals surface area (Å²) in [5.74, 6) is 0. The van der Waals surface area contributed by atoms with Crippen molar-refractivity contribution in [2.45, 2.75) is 44.2 Å². The van der Waals surface area contributed by atoms with Gasteiger partial charge in [0.15, 0.2) is 0 Å². The number of hydrogen-bond acceptors (Lipinski definition) is 5. The Morgan fingerprint density at radius 1 is 1.33 bits per heavy atom. The molecule has 0 radical (unpaired) electrons. The zero-order valence-electron chi connectivity index (χ0n) is 14.0. The highest BCUT2D eigenvalue weighted by Crippen LogP contribution is 2.32. The molecule has 2 saturated heterocycles. The quantitative estimate of drug-likeness (QED) is 0.837. The van der Waals surface area contributed by atoms with E-state index in [2.05, 4.69) is 27.2 Å². The van der Waals surface area contributed by atoms with Gasteiger partial charge in [0, 0.05) is 56.9 Å². The van der Waals surface area contributed by atoms with Gasteiger partial charge in [0.1, 0.15) is 6.10 Å². The molecule has 0 saturated carbocycles. The first kappa shape index (κ1) is 15.7. The van der Waals surface area contributed by atoms with Crippen LogP contribution in [-0.2, 0) is 29.7 Å². The molecule has 2 aliphatic rings. The summed E-state index contributed by atoms with van der Waals surface area (Å²) in [6.45, 7) is 3.25. The van der Waals surface area contributed by atoms with Crippen molar-refractivity contribution in [1.29, 1.82) is 0 Å². The van der Waals surface area contributed by atoms with Crippen molar-refractivity contribution in [2.75, 3.05) is 13.2 Å². The summed E-state index contributed by atoms with van der Waals surface area (Å²) in [5, 5.41) is 4.28. The van der Waals surface area contributed by atoms with E-state index in [9.17, 15) is 0 Å². The Morgan fingerprint density at radius 2 is 2.29 bits per heavy atom. The maximum Gasteiger partial charge on any atom is 0.100 e. The van der Waals surface area contributed by atoms with Crippen molar-refractivity contribution in [3.63, 3.8) is 0 Å². The first-order valence-corrected chi connectivity index (χ1v) is 8.63. The number of fused-ring (bicyclic) bond motifs is 1. The minimum absolute atomic E-state index is 0.118. The number of ether oxygens (including phenoxy) is 2. The van der Waals surface area contributed by atoms with Crippen LogP contribution in [0.2, 0.25) is 0 Å². The van der Waals surface area contributed by atoms with Gasteiger partial charge in [-0.2, -0.15) is 5.10 Å². The van der Waals surface area contributed by atoms with E-state index in [0.29, 0.717) is 12.6 Å². The Labute approximate surface area is 142 Å². The molecular weight excluding hydrogens is 304 g/mol. The molecule has 0 unspecified atom stereocenters. The van der Waals surface area contributed by atoms with Crippen LogP contribution in [0.4, 0.5) is 0 Å². The van der Waals surface area contributed by atoms with Gasteiger partial charge in [-0.05, 0) is 24.5 Å². The standard InChI is InChI=1S/C18H24N4O2/c1-21-10-15(9-20-21)11-22-12-17(18-16(22)5-3-7-23-18)24-13-14-4-2-6-19-8-14/h2,4,6,8-10,16-18H,3,5,7,11-13H2,1H3/t16-,17-,18+/m1/s1. The molecule has 0 spiro atoms. The van der Waals surface area contributed by atoms with Crippen LogP contribution in [0.25, 0.3) is 0 Å². The van der Waals surface area contributed by atoms with E-state index in [-0.39, 0.29) is 12.2 Å². The summed E-state index contributed by atoms with van der Waals surface area (Å²) in [6.07, 6.45) is 10.3. The number of aromatic nitrogens is 3. The average Bonchev–Trinajstić information content (AvgIpc) is 3.18. The van der Waals surface area contributed by atoms with Crippen LogP contribution in [0.3, 0.4) is 0 Å². The number of likely N-dealkylation sites (tertiary alicyclic amines) is 1. The maximum atomic E-state index is 6.20. The van der Waals surface area contributed by atoms with Crippen molar-refractivity contribution < 1.29 is 9.47 Å². The molecule has 2 aliphatic heterocycles. The predicted molar refractivity (Wildman–Crippen MR) is 89.2 cm³/mol. The van der Waals surface area contributed by atoms with Gasteiger partial charge in [0.25, 0.3) is 0 Å². The summed E-state index contributed by atoms with van der Waals surface area (Å²) in [5.41, 5.74) is 2.35. The zero-order chi connectivity index (χ0) is 16.4. The Balaban J connectivity index is 1.42. The number of nitrogens with zero attached hydrogens (tertiary/aromatic N) is 4. The lowest BCUT2D eigenvalue weighted by Crippen LogP contribution is -2.41. The molecule has 0 N–H and O–H groups in total. The van der Waals surface area contributed by atoms with Gasteiger partial charge in [-0.15, -0.1) is 0 Å². The van der Waals surface area contributed by atoms with Crippen LogP contribution in [0.5, 0.6) is 0 Å². The molecule has 0 amide bonds. The summed E-state index contributed by atoms with van der Waals surface area (Å²) in [7, 11) is 1.96. The highest BCUT2D eigenvalue weighted by molar-refractivity contribution is 5.09. The Morgan fingerprint density at radius 3 is 3.08 bits per heavy atom. The fraction of sp³-hybridized carbons (Fsp3) is 0.556. The van der Waals surface area contributed by atoms with Gasteiger partial charge in [0.05, 0.1) is 18.9 Å². The summed E-state index contributed by atoms with van der Waals surface area (Å²) in [4.78, 5) is 6.65. The largest absolute Gasteiger partial charge is 0.374 e. The predicted octanol–water partition coefficient (Wildman–Crippen LogP) is 1.76. The van der Waals surface area contributed by atoms with Crippen LogP contribution in [0.15, 0.2) is 36.9 Å². The lowest BCUT2D eigenvalue weighted by atomic mass is 10.0. The number of pyridine rings is 1. The fourth-order valence-electron chi connectivity index (χ4n) is 3.81. The summed E-state index contributed by atoms with van der Waals surface area (Å²) < 4.78 is 14.1. The SMILES string of the molecule is Cn1cc(CN2C[C@@H](OCc3cccnc3)[C@H]3OCCC[C@H]32)cn1. The van der Waals surface area contributed by atoms with Crippen LogP contribution in [-0.4, -0.2) is 51.1 Å². The summed E-state index contributed by atoms with van der Waals surface area (Å²) in [6, 6.07) is 4.44. The van der Waals surface area contributed by atoms with Gasteiger partial charge in [-0.3, -0.25) is 14.6 Å². The van der Waals surface area contributed by atoms with E-state index in [0.717, 1.165) is 31.7 Å². The van der Waals surface area contributed by atoms with Crippen molar-refractivity contribution in [3.8, 4) is 0 Å². The van der Waals surface area contributed by atoms with Crippen molar-refractivity contribution >= 4 is 0 Å². The Hall–Kier alpha value is -1.76. The first-order chi connectivity index (χ1) is 11.8. The second-order valence-electron chi connectivity index (χ2n) is 6.71. The van der Waals surface area contributed by atoms with Gasteiger partial charge in [-0.25, -0.2) is 0 Å². The molecule has 0 aromatic carbocycles. The lowest BCUT2D eigenvalue weighted by Gasteiger charge is -2.32. The Kier molecular flexibility index (Phi) is 4.60. The minimum Gasteiger partial charge on any atom is -0.374 e. The number of aryl methyl sites for hydroxylation is 1. The minimum atomic E-state index is 0.118. The third-order valence-corrected chi connectivity index (χ3v) is 4.91. The van der Waals surface area contributed by atoms with E-state index < -0.39 is 0 Å². The normalized spacial score (nSPS) is 27.3. The molecule has 0 aliphatic carbocycles. The van der Waals surface area contributed by atoms with E-state index in [1.807, 2.05) is 30.2 Å². The average molecular weight is 328 g/mol. The van der Waals surface area contributed by atoms with E-state index in [1.54, 1.807) is 6.20 Å². The molecule has 2 fully saturated rings. The second-order valence-corrected chi connectivity index (χ2v) is 6.71. The first-order valence-electron chi connectivity index (χ1n) is 8.63. The number of hydrogen-bond donors (Lipinski definition) is 0. The fourth-order valence-corrected chi connectivity index (χ4v) is 3.81. The van der Waals surface area contributed by atoms with Crippen LogP contribution in [0.1, 0.15) is 24.0 Å². The zero-order valence-corrected chi connectivity index (χ0v) is 14.0. The monoisotopic (exact) mass is 328 g/mol. The molecule has 6 heteroatoms. The molecule has 2 aromatic heterocycles. The lowest BCUT2D eigenvalue weighted by molar-refractivity contribution is -0.0819. The van der Waals surface area contributed by atoms with Gasteiger partial charge in [0.2, 0.25) is 0 Å². The molecule has 3 atom stereocenters. The molecule has 128 valence electrons. The maximum absolute atomic E-state index is 6.20. The molecule has 4 heterocycles. The van der Waals surface area contributed by atoms with Crippen molar-refractivity contribution in [1.82, 2.24) is 19.7 Å². The van der Waals surface area contributed by atoms with Crippen LogP contribution < -0.4 is 0 Å². The van der Waals surface area contributed by atoms with Gasteiger partial charge in [-0.1, -0.05) is 6.07 Å². The smallest absolute Gasteiger partial charge is 0.100 e. The van der Waals surface area contributed by atoms with E-state index >= 15 is 0 Å². The number of rotatable bonds is 5. The van der Waals surface area contributed by atoms with E-state index in [1.165, 1.54) is 12.0 Å². The molecule has 4 rings (SSSR count). The van der Waals surface area contributed by atoms with Crippen LogP contribution in [0, 0.1) is 0 Å². The molecule has 6 nitrogen and oxygen atoms in total. The Bertz CT molecular complexity index is 660. The molecule has 24 heavy (non-hydrogen) atoms. The summed E-state index contributed by atoms with van der Waals surface area (Å²) >= 11 is 0. The van der Waals surface area contributed by atoms with Crippen molar-refractivity contribution in [3.05, 3.63) is 48.0 Å². The van der Waals surface area contributed by atoms with Crippen LogP contribution >= 0.6 is 0 Å². The highest BCUT2D eigenvalue weighted by Gasteiger charge is 2.44. The topological polar surface area (TPSA) is 52.4 Å².